The molecule has 0 saturated heterocycles. The summed E-state index contributed by atoms with van der Waals surface area (Å²) in [5.41, 5.74) is 0.655. The number of nitrogens with zero attached hydrogens (tertiary/aromatic N) is 3. The molecule has 0 fully saturated rings. The zero-order chi connectivity index (χ0) is 12.5. The predicted octanol–water partition coefficient (Wildman–Crippen LogP) is 3.76. The van der Waals surface area contributed by atoms with E-state index in [0.717, 1.165) is 23.9 Å². The van der Waals surface area contributed by atoms with E-state index in [9.17, 15) is 13.2 Å². The first-order chi connectivity index (χ1) is 7.95. The van der Waals surface area contributed by atoms with Crippen LogP contribution in [-0.2, 0) is 6.18 Å². The summed E-state index contributed by atoms with van der Waals surface area (Å²) < 4.78 is 38.0. The van der Waals surface area contributed by atoms with Crippen LogP contribution in [0.4, 0.5) is 13.2 Å². The first-order valence-corrected chi connectivity index (χ1v) is 6.21. The first-order valence-electron chi connectivity index (χ1n) is 4.14. The highest BCUT2D eigenvalue weighted by atomic mass is 35.5. The lowest BCUT2D eigenvalue weighted by molar-refractivity contribution is -0.137. The molecule has 0 spiro atoms. The van der Waals surface area contributed by atoms with Gasteiger partial charge in [-0.05, 0) is 23.9 Å². The predicted molar refractivity (Wildman–Crippen MR) is 58.3 cm³/mol. The first kappa shape index (κ1) is 12.6. The van der Waals surface area contributed by atoms with Crippen LogP contribution in [0.5, 0.6) is 0 Å². The fraction of sp³-hybridized carbons (Fsp3) is 0.125. The van der Waals surface area contributed by atoms with Gasteiger partial charge in [0.1, 0.15) is 15.7 Å². The van der Waals surface area contributed by atoms with Gasteiger partial charge in [0.05, 0.1) is 5.56 Å². The molecular weight excluding hydrogens is 295 g/mol. The number of pyridine rings is 1. The molecule has 2 rings (SSSR count). The van der Waals surface area contributed by atoms with Gasteiger partial charge in [-0.25, -0.2) is 4.98 Å². The molecule has 0 saturated carbocycles. The maximum atomic E-state index is 12.5. The Bertz CT molecular complexity index is 515. The SMILES string of the molecule is FC(F)(F)c1cc(Cl)nc(Sc2nncs2)c1. The van der Waals surface area contributed by atoms with E-state index < -0.39 is 11.7 Å². The van der Waals surface area contributed by atoms with Gasteiger partial charge in [0, 0.05) is 0 Å². The van der Waals surface area contributed by atoms with Crippen molar-refractivity contribution < 1.29 is 13.2 Å². The molecule has 0 unspecified atom stereocenters. The third-order valence-corrected chi connectivity index (χ3v) is 3.52. The second-order valence-electron chi connectivity index (χ2n) is 2.82. The highest BCUT2D eigenvalue weighted by Gasteiger charge is 2.31. The molecule has 0 aliphatic heterocycles. The lowest BCUT2D eigenvalue weighted by Gasteiger charge is -2.07. The van der Waals surface area contributed by atoms with Gasteiger partial charge in [-0.1, -0.05) is 22.9 Å². The molecule has 0 aliphatic carbocycles. The minimum atomic E-state index is -4.44. The van der Waals surface area contributed by atoms with Crippen LogP contribution in [-0.4, -0.2) is 15.2 Å². The van der Waals surface area contributed by atoms with E-state index in [2.05, 4.69) is 15.2 Å². The molecule has 2 aromatic heterocycles. The van der Waals surface area contributed by atoms with E-state index in [0.29, 0.717) is 4.34 Å². The Labute approximate surface area is 107 Å². The molecule has 9 heteroatoms. The van der Waals surface area contributed by atoms with Gasteiger partial charge in [0.15, 0.2) is 4.34 Å². The van der Waals surface area contributed by atoms with Gasteiger partial charge in [-0.3, -0.25) is 0 Å². The number of halogens is 4. The maximum Gasteiger partial charge on any atom is 0.416 e. The lowest BCUT2D eigenvalue weighted by atomic mass is 10.3. The summed E-state index contributed by atoms with van der Waals surface area (Å²) in [5, 5.41) is 7.22. The van der Waals surface area contributed by atoms with E-state index in [1.807, 2.05) is 0 Å². The molecule has 3 nitrogen and oxygen atoms in total. The summed E-state index contributed by atoms with van der Waals surface area (Å²) in [6.07, 6.45) is -4.44. The summed E-state index contributed by atoms with van der Waals surface area (Å²) in [5.74, 6) is 0. The summed E-state index contributed by atoms with van der Waals surface area (Å²) in [6, 6.07) is 1.71. The molecule has 17 heavy (non-hydrogen) atoms. The molecular formula is C8H3ClF3N3S2. The molecule has 0 aliphatic rings. The normalized spacial score (nSPS) is 11.8. The van der Waals surface area contributed by atoms with Gasteiger partial charge in [0.25, 0.3) is 0 Å². The van der Waals surface area contributed by atoms with Gasteiger partial charge >= 0.3 is 6.18 Å². The molecule has 0 aromatic carbocycles. The fourth-order valence-corrected chi connectivity index (χ4v) is 2.70. The van der Waals surface area contributed by atoms with Gasteiger partial charge in [-0.2, -0.15) is 13.2 Å². The number of aromatic nitrogens is 3. The van der Waals surface area contributed by atoms with Gasteiger partial charge in [0.2, 0.25) is 0 Å². The van der Waals surface area contributed by atoms with Crippen molar-refractivity contribution in [3.05, 3.63) is 28.4 Å². The quantitative estimate of drug-likeness (QED) is 0.791. The highest BCUT2D eigenvalue weighted by molar-refractivity contribution is 8.00. The van der Waals surface area contributed by atoms with Crippen LogP contribution < -0.4 is 0 Å². The van der Waals surface area contributed by atoms with Crippen LogP contribution in [0, 0.1) is 0 Å². The second-order valence-corrected chi connectivity index (χ2v) is 5.31. The largest absolute Gasteiger partial charge is 0.416 e. The van der Waals surface area contributed by atoms with Crippen LogP contribution in [0.25, 0.3) is 0 Å². The minimum absolute atomic E-state index is 0.140. The minimum Gasteiger partial charge on any atom is -0.229 e. The second kappa shape index (κ2) is 4.79. The third-order valence-electron chi connectivity index (χ3n) is 1.63. The third kappa shape index (κ3) is 3.30. The van der Waals surface area contributed by atoms with E-state index in [4.69, 9.17) is 11.6 Å². The van der Waals surface area contributed by atoms with E-state index in [-0.39, 0.29) is 10.2 Å². The summed E-state index contributed by atoms with van der Waals surface area (Å²) in [7, 11) is 0. The Morgan fingerprint density at radius 1 is 1.29 bits per heavy atom. The van der Waals surface area contributed by atoms with Crippen LogP contribution >= 0.6 is 34.7 Å². The molecule has 0 bridgehead atoms. The zero-order valence-corrected chi connectivity index (χ0v) is 10.3. The number of alkyl halides is 3. The van der Waals surface area contributed by atoms with Gasteiger partial charge in [-0.15, -0.1) is 10.2 Å². The van der Waals surface area contributed by atoms with Crippen molar-refractivity contribution in [3.63, 3.8) is 0 Å². The van der Waals surface area contributed by atoms with E-state index >= 15 is 0 Å². The molecule has 0 N–H and O–H groups in total. The average Bonchev–Trinajstić information content (AvgIpc) is 2.68. The summed E-state index contributed by atoms with van der Waals surface area (Å²) >= 11 is 7.74. The van der Waals surface area contributed by atoms with Crippen LogP contribution in [0.3, 0.4) is 0 Å². The molecule has 0 atom stereocenters. The van der Waals surface area contributed by atoms with E-state index in [1.54, 1.807) is 0 Å². The number of hydrogen-bond acceptors (Lipinski definition) is 5. The molecule has 0 amide bonds. The highest BCUT2D eigenvalue weighted by Crippen LogP contribution is 2.35. The van der Waals surface area contributed by atoms with Crippen molar-refractivity contribution in [2.75, 3.05) is 0 Å². The fourth-order valence-electron chi connectivity index (χ4n) is 0.986. The van der Waals surface area contributed by atoms with Crippen LogP contribution in [0.1, 0.15) is 5.56 Å². The Hall–Kier alpha value is -0.860. The van der Waals surface area contributed by atoms with Gasteiger partial charge < -0.3 is 0 Å². The van der Waals surface area contributed by atoms with Crippen molar-refractivity contribution in [1.82, 2.24) is 15.2 Å². The Kier molecular flexibility index (Phi) is 3.55. The Morgan fingerprint density at radius 3 is 2.65 bits per heavy atom. The van der Waals surface area contributed by atoms with Crippen LogP contribution in [0.2, 0.25) is 5.15 Å². The van der Waals surface area contributed by atoms with E-state index in [1.165, 1.54) is 16.8 Å². The smallest absolute Gasteiger partial charge is 0.229 e. The monoisotopic (exact) mass is 297 g/mol. The van der Waals surface area contributed by atoms with Crippen LogP contribution in [0.15, 0.2) is 27.0 Å². The molecule has 2 aromatic rings. The maximum absolute atomic E-state index is 12.5. The standard InChI is InChI=1S/C8H3ClF3N3S2/c9-5-1-4(8(10,11)12)2-6(14-5)17-7-15-13-3-16-7/h1-3H. The topological polar surface area (TPSA) is 38.7 Å². The Morgan fingerprint density at radius 2 is 2.06 bits per heavy atom. The van der Waals surface area contributed by atoms with Crippen molar-refractivity contribution in [1.29, 1.82) is 0 Å². The lowest BCUT2D eigenvalue weighted by Crippen LogP contribution is -2.05. The average molecular weight is 298 g/mol. The molecule has 90 valence electrons. The summed E-state index contributed by atoms with van der Waals surface area (Å²) in [4.78, 5) is 3.79. The van der Waals surface area contributed by atoms with Crippen molar-refractivity contribution in [3.8, 4) is 0 Å². The number of rotatable bonds is 2. The summed E-state index contributed by atoms with van der Waals surface area (Å²) in [6.45, 7) is 0. The zero-order valence-electron chi connectivity index (χ0n) is 7.90. The van der Waals surface area contributed by atoms with Crippen molar-refractivity contribution in [2.45, 2.75) is 15.5 Å². The van der Waals surface area contributed by atoms with Crippen molar-refractivity contribution >= 4 is 34.7 Å². The van der Waals surface area contributed by atoms with Crippen molar-refractivity contribution in [2.24, 2.45) is 0 Å². The number of hydrogen-bond donors (Lipinski definition) is 0. The Balaban J connectivity index is 2.32. The molecule has 2 heterocycles. The molecule has 0 radical (unpaired) electrons.